The molecule has 1 aliphatic heterocycles. The van der Waals surface area contributed by atoms with Gasteiger partial charge in [0.25, 0.3) is 0 Å². The highest BCUT2D eigenvalue weighted by Gasteiger charge is 2.08. The quantitative estimate of drug-likeness (QED) is 0.293. The highest BCUT2D eigenvalue weighted by molar-refractivity contribution is 5.73. The predicted molar refractivity (Wildman–Crippen MR) is 55.1 cm³/mol. The van der Waals surface area contributed by atoms with Crippen LogP contribution in [0.2, 0.25) is 0 Å². The minimum atomic E-state index is -0.245. The molecule has 0 aliphatic carbocycles. The summed E-state index contributed by atoms with van der Waals surface area (Å²) < 4.78 is 9.20. The molecule has 88 valence electrons. The number of rotatable bonds is 1. The molecular weight excluding hydrogens is 200 g/mol. The van der Waals surface area contributed by atoms with E-state index < -0.39 is 0 Å². The number of nitrogens with two attached hydrogens (primary N) is 1. The molecule has 7 nitrogen and oxygen atoms in total. The predicted octanol–water partition coefficient (Wildman–Crippen LogP) is -1.10. The molecule has 1 rings (SSSR count). The van der Waals surface area contributed by atoms with Crippen LogP contribution in [0, 0.1) is 5.41 Å². The number of morpholine rings is 1. The summed E-state index contributed by atoms with van der Waals surface area (Å²) in [5.41, 5.74) is 7.81. The lowest BCUT2D eigenvalue weighted by Gasteiger charge is -2.26. The van der Waals surface area contributed by atoms with Gasteiger partial charge in [0.2, 0.25) is 5.96 Å². The second-order valence-corrected chi connectivity index (χ2v) is 2.82. The van der Waals surface area contributed by atoms with Gasteiger partial charge in [0.15, 0.2) is 0 Å². The Hall–Kier alpha value is -1.34. The Kier molecular flexibility index (Phi) is 7.29. The molecule has 4 N–H and O–H groups in total. The summed E-state index contributed by atoms with van der Waals surface area (Å²) in [5, 5.41) is 8.78. The van der Waals surface area contributed by atoms with Crippen LogP contribution in [0.4, 0.5) is 0 Å². The van der Waals surface area contributed by atoms with E-state index in [1.807, 2.05) is 5.01 Å². The normalized spacial score (nSPS) is 15.9. The smallest absolute Gasteiger partial charge is 0.302 e. The molecule has 0 aromatic carbocycles. The topological polar surface area (TPSA) is 101 Å². The molecule has 0 radical (unpaired) electrons. The Labute approximate surface area is 89.0 Å². The van der Waals surface area contributed by atoms with Gasteiger partial charge < -0.3 is 15.2 Å². The molecule has 0 unspecified atom stereocenters. The van der Waals surface area contributed by atoms with E-state index >= 15 is 0 Å². The Balaban J connectivity index is 0.000000336. The fourth-order valence-electron chi connectivity index (χ4n) is 0.845. The number of hydrogen-bond acceptors (Lipinski definition) is 5. The first kappa shape index (κ1) is 13.7. The van der Waals surface area contributed by atoms with E-state index in [4.69, 9.17) is 15.9 Å². The molecule has 7 heteroatoms. The van der Waals surface area contributed by atoms with E-state index in [0.29, 0.717) is 13.2 Å². The van der Waals surface area contributed by atoms with Crippen molar-refractivity contribution in [2.24, 2.45) is 5.73 Å². The number of nitrogens with one attached hydrogen (secondary N) is 2. The zero-order valence-corrected chi connectivity index (χ0v) is 9.08. The molecule has 0 saturated carbocycles. The van der Waals surface area contributed by atoms with E-state index in [2.05, 4.69) is 10.2 Å². The van der Waals surface area contributed by atoms with Gasteiger partial charge in [-0.3, -0.25) is 15.6 Å². The van der Waals surface area contributed by atoms with E-state index in [0.717, 1.165) is 13.1 Å². The number of carbonyl (C=O) groups excluding carboxylic acids is 1. The Morgan fingerprint density at radius 3 is 2.33 bits per heavy atom. The molecule has 1 saturated heterocycles. The molecule has 0 spiro atoms. The van der Waals surface area contributed by atoms with Crippen molar-refractivity contribution in [3.63, 3.8) is 0 Å². The zero-order chi connectivity index (χ0) is 11.7. The first-order chi connectivity index (χ1) is 7.06. The molecule has 0 atom stereocenters. The maximum atomic E-state index is 9.59. The van der Waals surface area contributed by atoms with Crippen LogP contribution in [0.15, 0.2) is 0 Å². The largest absolute Gasteiger partial charge is 0.469 e. The summed E-state index contributed by atoms with van der Waals surface area (Å²) in [5.74, 6) is -0.257. The molecule has 0 bridgehead atoms. The molecule has 15 heavy (non-hydrogen) atoms. The van der Waals surface area contributed by atoms with E-state index in [1.54, 1.807) is 0 Å². The van der Waals surface area contributed by atoms with E-state index in [1.165, 1.54) is 14.0 Å². The number of hydrazine groups is 1. The average molecular weight is 218 g/mol. The molecule has 1 aliphatic rings. The highest BCUT2D eigenvalue weighted by Crippen LogP contribution is 1.90. The summed E-state index contributed by atoms with van der Waals surface area (Å²) in [6, 6.07) is 0. The first-order valence-electron chi connectivity index (χ1n) is 4.54. The van der Waals surface area contributed by atoms with Gasteiger partial charge in [-0.1, -0.05) is 0 Å². The van der Waals surface area contributed by atoms with Crippen molar-refractivity contribution >= 4 is 11.9 Å². The van der Waals surface area contributed by atoms with Crippen molar-refractivity contribution in [1.82, 2.24) is 10.4 Å². The van der Waals surface area contributed by atoms with Crippen molar-refractivity contribution in [1.29, 1.82) is 5.41 Å². The van der Waals surface area contributed by atoms with Crippen molar-refractivity contribution in [3.05, 3.63) is 0 Å². The lowest BCUT2D eigenvalue weighted by atomic mass is 10.5. The standard InChI is InChI=1S/C5H12N4O.C3H6O2/c6-5(7)8-9-1-3-10-4-2-9;1-3(4)5-2/h1-4H2,(H4,6,7,8);1-2H3. The van der Waals surface area contributed by atoms with Crippen molar-refractivity contribution < 1.29 is 14.3 Å². The molecule has 1 fully saturated rings. The van der Waals surface area contributed by atoms with Crippen LogP contribution in [-0.2, 0) is 14.3 Å². The molecule has 1 heterocycles. The fourth-order valence-corrected chi connectivity index (χ4v) is 0.845. The number of ether oxygens (including phenoxy) is 2. The fraction of sp³-hybridized carbons (Fsp3) is 0.750. The van der Waals surface area contributed by atoms with Crippen LogP contribution in [0.5, 0.6) is 0 Å². The monoisotopic (exact) mass is 218 g/mol. The van der Waals surface area contributed by atoms with Crippen LogP contribution in [0.3, 0.4) is 0 Å². The zero-order valence-electron chi connectivity index (χ0n) is 9.08. The van der Waals surface area contributed by atoms with E-state index in [9.17, 15) is 4.79 Å². The number of carbonyl (C=O) groups is 1. The molecule has 0 aromatic heterocycles. The molecule has 0 aromatic rings. The third-order valence-electron chi connectivity index (χ3n) is 1.58. The summed E-state index contributed by atoms with van der Waals surface area (Å²) in [4.78, 5) is 9.59. The van der Waals surface area contributed by atoms with Crippen LogP contribution in [0.25, 0.3) is 0 Å². The molecule has 0 amide bonds. The van der Waals surface area contributed by atoms with Gasteiger partial charge >= 0.3 is 5.97 Å². The van der Waals surface area contributed by atoms with Crippen molar-refractivity contribution in [3.8, 4) is 0 Å². The first-order valence-corrected chi connectivity index (χ1v) is 4.54. The highest BCUT2D eigenvalue weighted by atomic mass is 16.5. The summed E-state index contributed by atoms with van der Waals surface area (Å²) in [6.45, 7) is 4.36. The average Bonchev–Trinajstić information content (AvgIpc) is 2.19. The number of nitrogens with zero attached hydrogens (tertiary/aromatic N) is 1. The third-order valence-corrected chi connectivity index (χ3v) is 1.58. The summed E-state index contributed by atoms with van der Waals surface area (Å²) in [7, 11) is 1.35. The van der Waals surface area contributed by atoms with E-state index in [-0.39, 0.29) is 11.9 Å². The second-order valence-electron chi connectivity index (χ2n) is 2.82. The van der Waals surface area contributed by atoms with Crippen molar-refractivity contribution in [2.75, 3.05) is 33.4 Å². The maximum Gasteiger partial charge on any atom is 0.302 e. The van der Waals surface area contributed by atoms with Crippen LogP contribution in [-0.4, -0.2) is 50.4 Å². The minimum absolute atomic E-state index is 0.0121. The molecular formula is C8H18N4O3. The van der Waals surface area contributed by atoms with Gasteiger partial charge in [0, 0.05) is 20.0 Å². The lowest BCUT2D eigenvalue weighted by Crippen LogP contribution is -2.50. The Bertz CT molecular complexity index is 204. The van der Waals surface area contributed by atoms with Crippen molar-refractivity contribution in [2.45, 2.75) is 6.92 Å². The van der Waals surface area contributed by atoms with Crippen LogP contribution >= 0.6 is 0 Å². The summed E-state index contributed by atoms with van der Waals surface area (Å²) in [6.07, 6.45) is 0. The Morgan fingerprint density at radius 1 is 1.53 bits per heavy atom. The van der Waals surface area contributed by atoms with Gasteiger partial charge in [0.1, 0.15) is 0 Å². The van der Waals surface area contributed by atoms with Gasteiger partial charge in [0.05, 0.1) is 20.3 Å². The number of hydrogen-bond donors (Lipinski definition) is 3. The lowest BCUT2D eigenvalue weighted by molar-refractivity contribution is -0.137. The van der Waals surface area contributed by atoms with Gasteiger partial charge in [-0.05, 0) is 0 Å². The second kappa shape index (κ2) is 8.01. The SMILES string of the molecule is COC(C)=O.N=C(N)NN1CCOCC1. The van der Waals surface area contributed by atoms with Crippen LogP contribution < -0.4 is 11.2 Å². The summed E-state index contributed by atoms with van der Waals surface area (Å²) >= 11 is 0. The van der Waals surface area contributed by atoms with Crippen LogP contribution in [0.1, 0.15) is 6.92 Å². The number of guanidine groups is 1. The number of methoxy groups -OCH3 is 1. The number of esters is 1. The minimum Gasteiger partial charge on any atom is -0.469 e. The van der Waals surface area contributed by atoms with Gasteiger partial charge in [-0.25, -0.2) is 5.01 Å². The van der Waals surface area contributed by atoms with Gasteiger partial charge in [-0.2, -0.15) is 0 Å². The Morgan fingerprint density at radius 2 is 2.00 bits per heavy atom. The van der Waals surface area contributed by atoms with Gasteiger partial charge in [-0.15, -0.1) is 0 Å². The maximum absolute atomic E-state index is 9.59. The third kappa shape index (κ3) is 8.98.